The van der Waals surface area contributed by atoms with E-state index in [0.29, 0.717) is 6.42 Å². The number of fused-ring (bicyclic) bond motifs is 3. The van der Waals surface area contributed by atoms with Gasteiger partial charge in [-0.3, -0.25) is 4.79 Å². The smallest absolute Gasteiger partial charge is 0.185 e. The van der Waals surface area contributed by atoms with Crippen LogP contribution in [-0.2, 0) is 9.53 Å². The molecular formula is C22H32O3. The number of ether oxygens (including phenoxy) is 1. The molecule has 1 heterocycles. The molecule has 2 aliphatic carbocycles. The number of unbranched alkanes of at least 4 members (excludes halogenated alkanes) is 5. The molecule has 3 aliphatic rings. The van der Waals surface area contributed by atoms with Gasteiger partial charge in [0.2, 0.25) is 0 Å². The zero-order valence-electron chi connectivity index (χ0n) is 15.6. The molecule has 0 amide bonds. The Morgan fingerprint density at radius 1 is 1.28 bits per heavy atom. The highest BCUT2D eigenvalue weighted by molar-refractivity contribution is 5.96. The fraction of sp³-hybridized carbons (Fsp3) is 0.682. The molecule has 0 aromatic carbocycles. The summed E-state index contributed by atoms with van der Waals surface area (Å²) in [6, 6.07) is 0. The number of aliphatic hydroxyl groups excluding tert-OH is 1. The van der Waals surface area contributed by atoms with E-state index in [2.05, 4.69) is 32.1 Å². The summed E-state index contributed by atoms with van der Waals surface area (Å²) >= 11 is 0. The Labute approximate surface area is 151 Å². The lowest BCUT2D eigenvalue weighted by Crippen LogP contribution is -2.44. The molecule has 5 atom stereocenters. The molecule has 0 bridgehead atoms. The second-order valence-corrected chi connectivity index (χ2v) is 7.92. The number of aliphatic hydroxyl groups is 1. The first-order chi connectivity index (χ1) is 12.1. The maximum absolute atomic E-state index is 12.5. The van der Waals surface area contributed by atoms with Crippen LogP contribution in [0.4, 0.5) is 0 Å². The van der Waals surface area contributed by atoms with Gasteiger partial charge in [0.15, 0.2) is 5.78 Å². The van der Waals surface area contributed by atoms with E-state index in [1.165, 1.54) is 37.7 Å². The van der Waals surface area contributed by atoms with Crippen molar-refractivity contribution in [2.45, 2.75) is 83.5 Å². The lowest BCUT2D eigenvalue weighted by Gasteiger charge is -2.38. The molecule has 1 fully saturated rings. The van der Waals surface area contributed by atoms with Gasteiger partial charge in [0.25, 0.3) is 0 Å². The van der Waals surface area contributed by atoms with E-state index in [1.54, 1.807) is 6.08 Å². The van der Waals surface area contributed by atoms with Gasteiger partial charge in [-0.25, -0.2) is 0 Å². The Morgan fingerprint density at radius 2 is 2.08 bits per heavy atom. The number of hydrogen-bond acceptors (Lipinski definition) is 3. The summed E-state index contributed by atoms with van der Waals surface area (Å²) in [5.74, 6) is 0.451. The van der Waals surface area contributed by atoms with Crippen LogP contribution < -0.4 is 0 Å². The van der Waals surface area contributed by atoms with Crippen LogP contribution in [0.5, 0.6) is 0 Å². The van der Waals surface area contributed by atoms with Crippen LogP contribution in [-0.4, -0.2) is 29.2 Å². The Morgan fingerprint density at radius 3 is 2.88 bits per heavy atom. The van der Waals surface area contributed by atoms with E-state index in [0.717, 1.165) is 18.4 Å². The molecule has 0 aromatic rings. The Hall–Kier alpha value is -1.19. The van der Waals surface area contributed by atoms with Crippen LogP contribution in [0, 0.1) is 11.8 Å². The Bertz CT molecular complexity index is 572. The first-order valence-electron chi connectivity index (χ1n) is 10.0. The molecule has 25 heavy (non-hydrogen) atoms. The van der Waals surface area contributed by atoms with Crippen molar-refractivity contribution in [3.63, 3.8) is 0 Å². The van der Waals surface area contributed by atoms with Gasteiger partial charge in [-0.1, -0.05) is 56.4 Å². The SMILES string of the molecule is CCCCCCCC=CC1OC2C(=O)C=C3CC(O)CC3C2C=C1C. The summed E-state index contributed by atoms with van der Waals surface area (Å²) in [5.41, 5.74) is 2.31. The lowest BCUT2D eigenvalue weighted by atomic mass is 9.75. The van der Waals surface area contributed by atoms with E-state index >= 15 is 0 Å². The topological polar surface area (TPSA) is 46.5 Å². The van der Waals surface area contributed by atoms with Gasteiger partial charge in [0, 0.05) is 5.92 Å². The quantitative estimate of drug-likeness (QED) is 0.546. The zero-order valence-corrected chi connectivity index (χ0v) is 15.6. The molecule has 1 saturated carbocycles. The Balaban J connectivity index is 1.58. The molecule has 3 rings (SSSR count). The largest absolute Gasteiger partial charge is 0.393 e. The number of allylic oxidation sites excluding steroid dienone is 1. The summed E-state index contributed by atoms with van der Waals surface area (Å²) in [7, 11) is 0. The van der Waals surface area contributed by atoms with Crippen molar-refractivity contribution >= 4 is 5.78 Å². The van der Waals surface area contributed by atoms with Crippen LogP contribution in [0.2, 0.25) is 0 Å². The number of rotatable bonds is 7. The van der Waals surface area contributed by atoms with Gasteiger partial charge < -0.3 is 9.84 Å². The third kappa shape index (κ3) is 4.32. The summed E-state index contributed by atoms with van der Waals surface area (Å²) in [5, 5.41) is 9.95. The van der Waals surface area contributed by atoms with Crippen molar-refractivity contribution in [2.24, 2.45) is 11.8 Å². The highest BCUT2D eigenvalue weighted by Gasteiger charge is 2.45. The second kappa shape index (κ2) is 8.46. The minimum Gasteiger partial charge on any atom is -0.393 e. The number of carbonyl (C=O) groups is 1. The molecule has 0 saturated heterocycles. The van der Waals surface area contributed by atoms with Gasteiger partial charge in [-0.15, -0.1) is 0 Å². The van der Waals surface area contributed by atoms with Crippen LogP contribution in [0.25, 0.3) is 0 Å². The summed E-state index contributed by atoms with van der Waals surface area (Å²) in [6.07, 6.45) is 16.5. The first kappa shape index (κ1) is 18.6. The Kier molecular flexibility index (Phi) is 6.29. The average molecular weight is 344 g/mol. The number of carbonyl (C=O) groups excluding carboxylic acids is 1. The molecule has 1 N–H and O–H groups in total. The van der Waals surface area contributed by atoms with E-state index in [-0.39, 0.29) is 35.9 Å². The minimum absolute atomic E-state index is 0.0760. The van der Waals surface area contributed by atoms with E-state index in [9.17, 15) is 9.90 Å². The third-order valence-electron chi connectivity index (χ3n) is 5.88. The lowest BCUT2D eigenvalue weighted by molar-refractivity contribution is -0.133. The maximum atomic E-state index is 12.5. The van der Waals surface area contributed by atoms with Gasteiger partial charge in [0.05, 0.1) is 12.2 Å². The standard InChI is InChI=1S/C22H32O3/c1-3-4-5-6-7-8-9-10-21-15(2)11-19-18-14-17(23)12-16(18)13-20(24)22(19)25-21/h9-11,13,17-19,21-23H,3-8,12,14H2,1-2H3. The van der Waals surface area contributed by atoms with Gasteiger partial charge >= 0.3 is 0 Å². The highest BCUT2D eigenvalue weighted by atomic mass is 16.5. The van der Waals surface area contributed by atoms with Crippen molar-refractivity contribution in [2.75, 3.05) is 0 Å². The fourth-order valence-corrected chi connectivity index (χ4v) is 4.49. The minimum atomic E-state index is -0.373. The molecule has 3 nitrogen and oxygen atoms in total. The monoisotopic (exact) mass is 344 g/mol. The van der Waals surface area contributed by atoms with Crippen molar-refractivity contribution in [1.82, 2.24) is 0 Å². The van der Waals surface area contributed by atoms with Gasteiger partial charge in [0.1, 0.15) is 6.10 Å². The normalized spacial score (nSPS) is 34.7. The van der Waals surface area contributed by atoms with Crippen LogP contribution >= 0.6 is 0 Å². The van der Waals surface area contributed by atoms with Crippen molar-refractivity contribution in [3.8, 4) is 0 Å². The molecule has 0 radical (unpaired) electrons. The molecule has 5 unspecified atom stereocenters. The number of hydrogen-bond donors (Lipinski definition) is 1. The summed E-state index contributed by atoms with van der Waals surface area (Å²) in [6.45, 7) is 4.33. The van der Waals surface area contributed by atoms with Crippen LogP contribution in [0.15, 0.2) is 35.5 Å². The molecule has 3 heteroatoms. The van der Waals surface area contributed by atoms with E-state index < -0.39 is 0 Å². The van der Waals surface area contributed by atoms with Gasteiger partial charge in [-0.05, 0) is 50.2 Å². The molecule has 0 spiro atoms. The summed E-state index contributed by atoms with van der Waals surface area (Å²) in [4.78, 5) is 12.5. The zero-order chi connectivity index (χ0) is 17.8. The van der Waals surface area contributed by atoms with Crippen molar-refractivity contribution < 1.29 is 14.6 Å². The molecule has 1 aliphatic heterocycles. The number of ketones is 1. The van der Waals surface area contributed by atoms with E-state index in [4.69, 9.17) is 4.74 Å². The highest BCUT2D eigenvalue weighted by Crippen LogP contribution is 2.45. The third-order valence-corrected chi connectivity index (χ3v) is 5.88. The first-order valence-corrected chi connectivity index (χ1v) is 10.0. The molecule has 0 aromatic heterocycles. The van der Waals surface area contributed by atoms with Crippen LogP contribution in [0.1, 0.15) is 65.2 Å². The molecular weight excluding hydrogens is 312 g/mol. The average Bonchev–Trinajstić information content (AvgIpc) is 2.95. The predicted octanol–water partition coefficient (Wildman–Crippen LogP) is 4.51. The van der Waals surface area contributed by atoms with Crippen molar-refractivity contribution in [3.05, 3.63) is 35.5 Å². The fourth-order valence-electron chi connectivity index (χ4n) is 4.49. The van der Waals surface area contributed by atoms with Crippen LogP contribution in [0.3, 0.4) is 0 Å². The van der Waals surface area contributed by atoms with E-state index in [1.807, 2.05) is 0 Å². The second-order valence-electron chi connectivity index (χ2n) is 7.92. The molecule has 138 valence electrons. The summed E-state index contributed by atoms with van der Waals surface area (Å²) < 4.78 is 6.17. The van der Waals surface area contributed by atoms with Crippen molar-refractivity contribution in [1.29, 1.82) is 0 Å². The predicted molar refractivity (Wildman–Crippen MR) is 100 cm³/mol. The van der Waals surface area contributed by atoms with Gasteiger partial charge in [-0.2, -0.15) is 0 Å². The maximum Gasteiger partial charge on any atom is 0.185 e.